The molecule has 1 aliphatic heterocycles. The lowest BCUT2D eigenvalue weighted by atomic mass is 10.1. The number of hydrogen-bond acceptors (Lipinski definition) is 3. The van der Waals surface area contributed by atoms with Crippen LogP contribution in [0.2, 0.25) is 5.02 Å². The number of nitrogens with zero attached hydrogens (tertiary/aromatic N) is 1. The first-order chi connectivity index (χ1) is 10.0. The molecule has 4 nitrogen and oxygen atoms in total. The van der Waals surface area contributed by atoms with Crippen molar-refractivity contribution in [1.82, 2.24) is 10.2 Å². The molecule has 1 heterocycles. The minimum atomic E-state index is 0.0194. The topological polar surface area (TPSA) is 41.6 Å². The molecule has 0 saturated carbocycles. The molecule has 0 spiro atoms. The summed E-state index contributed by atoms with van der Waals surface area (Å²) in [6.45, 7) is 6.82. The summed E-state index contributed by atoms with van der Waals surface area (Å²) >= 11 is 5.98. The summed E-state index contributed by atoms with van der Waals surface area (Å²) in [6.07, 6.45) is 0.994. The number of benzene rings is 1. The number of methoxy groups -OCH3 is 1. The summed E-state index contributed by atoms with van der Waals surface area (Å²) in [7, 11) is 1.56. The lowest BCUT2D eigenvalue weighted by molar-refractivity contribution is 0.0663. The van der Waals surface area contributed by atoms with E-state index < -0.39 is 0 Å². The largest absolute Gasteiger partial charge is 0.496 e. The fraction of sp³-hybridized carbons (Fsp3) is 0.562. The molecule has 0 aliphatic carbocycles. The Morgan fingerprint density at radius 3 is 2.86 bits per heavy atom. The Kier molecular flexibility index (Phi) is 5.48. The lowest BCUT2D eigenvalue weighted by Crippen LogP contribution is -2.43. The lowest BCUT2D eigenvalue weighted by Gasteiger charge is -2.30. The monoisotopic (exact) mass is 310 g/mol. The summed E-state index contributed by atoms with van der Waals surface area (Å²) in [5.74, 6) is 0.978. The van der Waals surface area contributed by atoms with Crippen LogP contribution >= 0.6 is 11.6 Å². The summed E-state index contributed by atoms with van der Waals surface area (Å²) in [6, 6.07) is 5.42. The Labute approximate surface area is 131 Å². The fourth-order valence-corrected chi connectivity index (χ4v) is 2.86. The van der Waals surface area contributed by atoms with Crippen LogP contribution in [-0.4, -0.2) is 43.6 Å². The normalized spacial score (nSPS) is 18.0. The highest BCUT2D eigenvalue weighted by Gasteiger charge is 2.29. The molecule has 1 aromatic carbocycles. The van der Waals surface area contributed by atoms with E-state index in [0.29, 0.717) is 22.3 Å². The van der Waals surface area contributed by atoms with Crippen LogP contribution in [0.25, 0.3) is 0 Å². The van der Waals surface area contributed by atoms with E-state index in [-0.39, 0.29) is 11.9 Å². The molecule has 0 radical (unpaired) electrons. The van der Waals surface area contributed by atoms with Crippen LogP contribution in [0.1, 0.15) is 30.6 Å². The number of carbonyl (C=O) groups excluding carboxylic acids is 1. The molecular formula is C16H23ClN2O2. The number of rotatable bonds is 5. The van der Waals surface area contributed by atoms with E-state index in [9.17, 15) is 4.79 Å². The van der Waals surface area contributed by atoms with Gasteiger partial charge in [0.25, 0.3) is 5.91 Å². The van der Waals surface area contributed by atoms with Gasteiger partial charge in [-0.05, 0) is 37.1 Å². The highest BCUT2D eigenvalue weighted by Crippen LogP contribution is 2.26. The van der Waals surface area contributed by atoms with Crippen molar-refractivity contribution in [3.05, 3.63) is 28.8 Å². The van der Waals surface area contributed by atoms with Crippen molar-refractivity contribution >= 4 is 17.5 Å². The molecule has 21 heavy (non-hydrogen) atoms. The van der Waals surface area contributed by atoms with E-state index in [4.69, 9.17) is 16.3 Å². The van der Waals surface area contributed by atoms with Gasteiger partial charge in [-0.15, -0.1) is 0 Å². The summed E-state index contributed by atoms with van der Waals surface area (Å²) < 4.78 is 5.32. The molecule has 1 N–H and O–H groups in total. The molecule has 1 unspecified atom stereocenters. The highest BCUT2D eigenvalue weighted by atomic mass is 35.5. The Bertz CT molecular complexity index is 499. The second kappa shape index (κ2) is 7.14. The molecule has 1 saturated heterocycles. The maximum Gasteiger partial charge on any atom is 0.257 e. The predicted molar refractivity (Wildman–Crippen MR) is 85.2 cm³/mol. The molecule has 5 heteroatoms. The first-order valence-electron chi connectivity index (χ1n) is 7.38. The van der Waals surface area contributed by atoms with Crippen LogP contribution in [-0.2, 0) is 0 Å². The van der Waals surface area contributed by atoms with E-state index >= 15 is 0 Å². The molecule has 0 bridgehead atoms. The summed E-state index contributed by atoms with van der Waals surface area (Å²) in [5.41, 5.74) is 0.578. The predicted octanol–water partition coefficient (Wildman–Crippen LogP) is 2.81. The Balaban J connectivity index is 2.28. The Morgan fingerprint density at radius 1 is 1.52 bits per heavy atom. The van der Waals surface area contributed by atoms with E-state index in [1.54, 1.807) is 25.3 Å². The van der Waals surface area contributed by atoms with E-state index in [2.05, 4.69) is 19.2 Å². The van der Waals surface area contributed by atoms with Crippen molar-refractivity contribution < 1.29 is 9.53 Å². The Morgan fingerprint density at radius 2 is 2.29 bits per heavy atom. The van der Waals surface area contributed by atoms with E-state index in [1.165, 1.54) is 0 Å². The van der Waals surface area contributed by atoms with Gasteiger partial charge in [-0.3, -0.25) is 4.79 Å². The van der Waals surface area contributed by atoms with Crippen molar-refractivity contribution in [2.24, 2.45) is 5.92 Å². The van der Waals surface area contributed by atoms with Gasteiger partial charge >= 0.3 is 0 Å². The Hall–Kier alpha value is -1.26. The van der Waals surface area contributed by atoms with Crippen LogP contribution in [0, 0.1) is 5.92 Å². The van der Waals surface area contributed by atoms with Crippen LogP contribution in [0.4, 0.5) is 0 Å². The third-order valence-electron chi connectivity index (χ3n) is 3.69. The van der Waals surface area contributed by atoms with E-state index in [1.807, 2.05) is 4.90 Å². The SMILES string of the molecule is COc1cc(Cl)ccc1C(=O)N(CC(C)C)C1CCNC1. The van der Waals surface area contributed by atoms with Gasteiger partial charge in [-0.2, -0.15) is 0 Å². The zero-order valence-corrected chi connectivity index (χ0v) is 13.6. The van der Waals surface area contributed by atoms with E-state index in [0.717, 1.165) is 26.1 Å². The van der Waals surface area contributed by atoms with Gasteiger partial charge in [-0.25, -0.2) is 0 Å². The van der Waals surface area contributed by atoms with Crippen LogP contribution in [0.5, 0.6) is 5.75 Å². The second-order valence-electron chi connectivity index (χ2n) is 5.84. The molecule has 0 aromatic heterocycles. The van der Waals surface area contributed by atoms with Gasteiger partial charge in [0.2, 0.25) is 0 Å². The quantitative estimate of drug-likeness (QED) is 0.909. The standard InChI is InChI=1S/C16H23ClN2O2/c1-11(2)10-19(13-6-7-18-9-13)16(20)14-5-4-12(17)8-15(14)21-3/h4-5,8,11,13,18H,6-7,9-10H2,1-3H3. The molecule has 1 fully saturated rings. The van der Waals surface area contributed by atoms with Gasteiger partial charge in [0.05, 0.1) is 12.7 Å². The molecule has 1 aliphatic rings. The number of carbonyl (C=O) groups is 1. The first kappa shape index (κ1) is 16.1. The first-order valence-corrected chi connectivity index (χ1v) is 7.76. The maximum atomic E-state index is 12.9. The second-order valence-corrected chi connectivity index (χ2v) is 6.28. The zero-order chi connectivity index (χ0) is 15.4. The van der Waals surface area contributed by atoms with Gasteiger partial charge < -0.3 is 15.0 Å². The van der Waals surface area contributed by atoms with Crippen molar-refractivity contribution in [1.29, 1.82) is 0 Å². The number of nitrogens with one attached hydrogen (secondary N) is 1. The maximum absolute atomic E-state index is 12.9. The molecule has 1 amide bonds. The smallest absolute Gasteiger partial charge is 0.257 e. The summed E-state index contributed by atoms with van der Waals surface area (Å²) in [4.78, 5) is 14.9. The third kappa shape index (κ3) is 3.89. The van der Waals surface area contributed by atoms with Crippen LogP contribution in [0.3, 0.4) is 0 Å². The third-order valence-corrected chi connectivity index (χ3v) is 3.93. The van der Waals surface area contributed by atoms with Gasteiger partial charge in [0, 0.05) is 24.2 Å². The van der Waals surface area contributed by atoms with Gasteiger partial charge in [0.15, 0.2) is 0 Å². The molecule has 116 valence electrons. The minimum absolute atomic E-state index is 0.0194. The highest BCUT2D eigenvalue weighted by molar-refractivity contribution is 6.30. The number of hydrogen-bond donors (Lipinski definition) is 1. The molecular weight excluding hydrogens is 288 g/mol. The van der Waals surface area contributed by atoms with Crippen LogP contribution in [0.15, 0.2) is 18.2 Å². The van der Waals surface area contributed by atoms with Gasteiger partial charge in [0.1, 0.15) is 5.75 Å². The fourth-order valence-electron chi connectivity index (χ4n) is 2.69. The molecule has 1 aromatic rings. The van der Waals surface area contributed by atoms with Gasteiger partial charge in [-0.1, -0.05) is 25.4 Å². The number of ether oxygens (including phenoxy) is 1. The van der Waals surface area contributed by atoms with Crippen molar-refractivity contribution in [3.63, 3.8) is 0 Å². The van der Waals surface area contributed by atoms with Crippen molar-refractivity contribution in [2.45, 2.75) is 26.3 Å². The van der Waals surface area contributed by atoms with Crippen molar-refractivity contribution in [2.75, 3.05) is 26.7 Å². The number of amides is 1. The van der Waals surface area contributed by atoms with Crippen molar-refractivity contribution in [3.8, 4) is 5.75 Å². The zero-order valence-electron chi connectivity index (χ0n) is 12.9. The molecule has 1 atom stereocenters. The average molecular weight is 311 g/mol. The summed E-state index contributed by atoms with van der Waals surface area (Å²) in [5, 5.41) is 3.89. The molecule has 2 rings (SSSR count). The number of halogens is 1. The minimum Gasteiger partial charge on any atom is -0.496 e. The van der Waals surface area contributed by atoms with Crippen LogP contribution < -0.4 is 10.1 Å². The average Bonchev–Trinajstić information content (AvgIpc) is 2.97.